The Labute approximate surface area is 164 Å². The average molecular weight is 434 g/mol. The number of nitrogens with zero attached hydrogens (tertiary/aromatic N) is 2. The minimum atomic E-state index is -4.53. The number of anilines is 1. The molecule has 0 radical (unpaired) electrons. The maximum atomic E-state index is 13.1. The van der Waals surface area contributed by atoms with Gasteiger partial charge in [0.2, 0.25) is 0 Å². The zero-order chi connectivity index (χ0) is 20.1. The zero-order valence-corrected chi connectivity index (χ0v) is 16.2. The fourth-order valence-electron chi connectivity index (χ4n) is 3.64. The molecule has 4 rings (SSSR count). The monoisotopic (exact) mass is 434 g/mol. The third kappa shape index (κ3) is 3.79. The van der Waals surface area contributed by atoms with Crippen molar-refractivity contribution in [2.24, 2.45) is 4.99 Å². The van der Waals surface area contributed by atoms with Crippen LogP contribution >= 0.6 is 11.8 Å². The van der Waals surface area contributed by atoms with Gasteiger partial charge in [0.05, 0.1) is 23.1 Å². The van der Waals surface area contributed by atoms with E-state index in [0.29, 0.717) is 13.0 Å². The molecule has 3 atom stereocenters. The van der Waals surface area contributed by atoms with Crippen LogP contribution in [0.1, 0.15) is 18.4 Å². The summed E-state index contributed by atoms with van der Waals surface area (Å²) in [6, 6.07) is 4.08. The number of alkyl halides is 3. The number of rotatable bonds is 2. The number of ether oxygens (including phenoxy) is 1. The number of fused-ring (bicyclic) bond motifs is 1. The summed E-state index contributed by atoms with van der Waals surface area (Å²) < 4.78 is 68.8. The number of carbonyl (C=O) groups excluding carboxylic acids is 1. The minimum absolute atomic E-state index is 0.0923. The van der Waals surface area contributed by atoms with Gasteiger partial charge in [-0.1, -0.05) is 17.8 Å². The van der Waals surface area contributed by atoms with E-state index in [1.54, 1.807) is 0 Å². The van der Waals surface area contributed by atoms with E-state index in [-0.39, 0.29) is 27.6 Å². The first-order valence-corrected chi connectivity index (χ1v) is 11.4. The van der Waals surface area contributed by atoms with Gasteiger partial charge in [0, 0.05) is 17.5 Å². The molecule has 0 N–H and O–H groups in total. The first kappa shape index (κ1) is 19.7. The molecule has 0 saturated carbocycles. The number of halogens is 3. The van der Waals surface area contributed by atoms with E-state index in [9.17, 15) is 26.4 Å². The van der Waals surface area contributed by atoms with E-state index in [1.807, 2.05) is 0 Å². The average Bonchev–Trinajstić information content (AvgIpc) is 3.28. The first-order chi connectivity index (χ1) is 13.1. The number of thioether (sulfide) groups is 1. The van der Waals surface area contributed by atoms with Gasteiger partial charge in [0.15, 0.2) is 15.0 Å². The topological polar surface area (TPSA) is 76.0 Å². The summed E-state index contributed by atoms with van der Waals surface area (Å²) in [7, 11) is -3.30. The Morgan fingerprint density at radius 1 is 1.29 bits per heavy atom. The Morgan fingerprint density at radius 3 is 2.75 bits per heavy atom. The SMILES string of the molecule is O=C(N=C1S[C@H]2CS(=O)(=O)C[C@@H]2N1c1cccc(C(F)(F)F)c1)[C@H]1CCCO1. The highest BCUT2D eigenvalue weighted by Crippen LogP contribution is 2.42. The van der Waals surface area contributed by atoms with E-state index in [2.05, 4.69) is 4.99 Å². The Hall–Kier alpha value is -1.59. The molecule has 0 unspecified atom stereocenters. The van der Waals surface area contributed by atoms with Crippen LogP contribution < -0.4 is 4.90 Å². The van der Waals surface area contributed by atoms with E-state index in [4.69, 9.17) is 4.74 Å². The molecule has 1 aromatic rings. The molecular weight excluding hydrogens is 417 g/mol. The number of hydrogen-bond donors (Lipinski definition) is 0. The maximum Gasteiger partial charge on any atom is 0.416 e. The van der Waals surface area contributed by atoms with Crippen molar-refractivity contribution in [1.29, 1.82) is 0 Å². The number of amidine groups is 1. The lowest BCUT2D eigenvalue weighted by atomic mass is 10.1. The predicted octanol–water partition coefficient (Wildman–Crippen LogP) is 2.49. The molecule has 3 aliphatic rings. The van der Waals surface area contributed by atoms with Crippen LogP contribution in [-0.4, -0.2) is 55.0 Å². The van der Waals surface area contributed by atoms with Gasteiger partial charge < -0.3 is 9.64 Å². The molecule has 0 aromatic heterocycles. The summed E-state index contributed by atoms with van der Waals surface area (Å²) in [5.41, 5.74) is -0.671. The molecule has 3 saturated heterocycles. The number of hydrogen-bond acceptors (Lipinski definition) is 5. The van der Waals surface area contributed by atoms with Crippen LogP contribution in [0.15, 0.2) is 29.3 Å². The third-order valence-corrected chi connectivity index (χ3v) is 8.14. The third-order valence-electron chi connectivity index (χ3n) is 4.93. The van der Waals surface area contributed by atoms with Crippen molar-refractivity contribution in [2.45, 2.75) is 36.4 Å². The van der Waals surface area contributed by atoms with Crippen molar-refractivity contribution < 1.29 is 31.1 Å². The normalized spacial score (nSPS) is 30.8. The number of sulfone groups is 1. The fraction of sp³-hybridized carbons (Fsp3) is 0.529. The standard InChI is InChI=1S/C17H17F3N2O4S2/c18-17(19,20)10-3-1-4-11(7-10)22-12-8-28(24,25)9-14(12)27-16(22)21-15(23)13-5-2-6-26-13/h1,3-4,7,12-14H,2,5-6,8-9H2/t12-,13+,14-/m0/s1. The van der Waals surface area contributed by atoms with E-state index in [0.717, 1.165) is 30.3 Å². The molecule has 6 nitrogen and oxygen atoms in total. The maximum absolute atomic E-state index is 13.1. The van der Waals surface area contributed by atoms with Gasteiger partial charge in [-0.2, -0.15) is 18.2 Å². The second-order valence-electron chi connectivity index (χ2n) is 6.95. The molecule has 0 aliphatic carbocycles. The van der Waals surface area contributed by atoms with Gasteiger partial charge in [-0.3, -0.25) is 4.79 Å². The second kappa shape index (κ2) is 7.03. The van der Waals surface area contributed by atoms with E-state index >= 15 is 0 Å². The Kier molecular flexibility index (Phi) is 4.95. The molecule has 1 aromatic carbocycles. The van der Waals surface area contributed by atoms with Crippen molar-refractivity contribution in [3.05, 3.63) is 29.8 Å². The van der Waals surface area contributed by atoms with Gasteiger partial charge in [0.25, 0.3) is 5.91 Å². The van der Waals surface area contributed by atoms with E-state index < -0.39 is 39.6 Å². The van der Waals surface area contributed by atoms with Crippen molar-refractivity contribution in [2.75, 3.05) is 23.0 Å². The highest BCUT2D eigenvalue weighted by Gasteiger charge is 2.50. The van der Waals surface area contributed by atoms with Crippen molar-refractivity contribution in [3.63, 3.8) is 0 Å². The Morgan fingerprint density at radius 2 is 2.07 bits per heavy atom. The van der Waals surface area contributed by atoms with E-state index in [1.165, 1.54) is 17.0 Å². The lowest BCUT2D eigenvalue weighted by Gasteiger charge is -2.25. The Balaban J connectivity index is 1.72. The first-order valence-electron chi connectivity index (χ1n) is 8.72. The quantitative estimate of drug-likeness (QED) is 0.712. The highest BCUT2D eigenvalue weighted by molar-refractivity contribution is 8.16. The molecule has 3 aliphatic heterocycles. The van der Waals surface area contributed by atoms with Crippen LogP contribution in [0.3, 0.4) is 0 Å². The van der Waals surface area contributed by atoms with Gasteiger partial charge in [-0.25, -0.2) is 8.42 Å². The van der Waals surface area contributed by atoms with Crippen molar-refractivity contribution in [3.8, 4) is 0 Å². The van der Waals surface area contributed by atoms with Crippen molar-refractivity contribution >= 4 is 38.4 Å². The molecular formula is C17H17F3N2O4S2. The predicted molar refractivity (Wildman–Crippen MR) is 99.2 cm³/mol. The molecule has 11 heteroatoms. The van der Waals surface area contributed by atoms with Crippen LogP contribution in [0.5, 0.6) is 0 Å². The lowest BCUT2D eigenvalue weighted by Crippen LogP contribution is -2.38. The molecule has 0 bridgehead atoms. The van der Waals surface area contributed by atoms with Gasteiger partial charge in [0.1, 0.15) is 6.10 Å². The summed E-state index contributed by atoms with van der Waals surface area (Å²) in [4.78, 5) is 18.0. The fourth-order valence-corrected chi connectivity index (χ4v) is 7.56. The molecule has 3 heterocycles. The number of carbonyl (C=O) groups is 1. The van der Waals surface area contributed by atoms with Crippen LogP contribution in [0.2, 0.25) is 0 Å². The largest absolute Gasteiger partial charge is 0.416 e. The Bertz CT molecular complexity index is 927. The summed E-state index contributed by atoms with van der Waals surface area (Å²) in [6.07, 6.45) is -3.89. The molecule has 152 valence electrons. The van der Waals surface area contributed by atoms with Crippen LogP contribution in [0.25, 0.3) is 0 Å². The van der Waals surface area contributed by atoms with Gasteiger partial charge in [-0.05, 0) is 31.0 Å². The smallest absolute Gasteiger partial charge is 0.368 e. The number of benzene rings is 1. The molecule has 3 fully saturated rings. The van der Waals surface area contributed by atoms with Gasteiger partial charge >= 0.3 is 6.18 Å². The number of aliphatic imine (C=N–C) groups is 1. The molecule has 0 spiro atoms. The van der Waals surface area contributed by atoms with Crippen LogP contribution in [0.4, 0.5) is 18.9 Å². The summed E-state index contributed by atoms with van der Waals surface area (Å²) in [6.45, 7) is 0.467. The lowest BCUT2D eigenvalue weighted by molar-refractivity contribution is -0.137. The van der Waals surface area contributed by atoms with Gasteiger partial charge in [-0.15, -0.1) is 0 Å². The second-order valence-corrected chi connectivity index (χ2v) is 10.3. The highest BCUT2D eigenvalue weighted by atomic mass is 32.2. The summed E-state index contributed by atoms with van der Waals surface area (Å²) in [5.74, 6) is -0.765. The number of amides is 1. The minimum Gasteiger partial charge on any atom is -0.368 e. The summed E-state index contributed by atoms with van der Waals surface area (Å²) in [5, 5.41) is -0.152. The zero-order valence-electron chi connectivity index (χ0n) is 14.6. The summed E-state index contributed by atoms with van der Waals surface area (Å²) >= 11 is 1.13. The molecule has 1 amide bonds. The van der Waals surface area contributed by atoms with Crippen molar-refractivity contribution in [1.82, 2.24) is 0 Å². The van der Waals surface area contributed by atoms with Crippen LogP contribution in [0, 0.1) is 0 Å². The molecule has 28 heavy (non-hydrogen) atoms. The van der Waals surface area contributed by atoms with Crippen LogP contribution in [-0.2, 0) is 25.5 Å².